The summed E-state index contributed by atoms with van der Waals surface area (Å²) in [4.78, 5) is 45.4. The maximum atomic E-state index is 12.8. The van der Waals surface area contributed by atoms with Gasteiger partial charge in [0.25, 0.3) is 0 Å². The van der Waals surface area contributed by atoms with Gasteiger partial charge in [-0.25, -0.2) is 4.79 Å². The molecule has 3 rings (SSSR count). The molecule has 1 aromatic heterocycles. The van der Waals surface area contributed by atoms with Crippen LogP contribution in [0.15, 0.2) is 51.0 Å². The highest BCUT2D eigenvalue weighted by Crippen LogP contribution is 2.55. The SMILES string of the molecule is Cn1c(=O)n([C@@H]2O[C@H](COP(=O)(O)CP(=O)(O)O)[C@@H](O)[C@H]2O)cc/c1=N/OCc1ccc(Br)cc1. The number of aliphatic hydroxyl groups excluding tert-OH is 2. The van der Waals surface area contributed by atoms with Gasteiger partial charge in [0.2, 0.25) is 0 Å². The third kappa shape index (κ3) is 7.43. The molecular weight excluding hydrogens is 576 g/mol. The number of hydrogen-bond donors (Lipinski definition) is 5. The zero-order valence-electron chi connectivity index (χ0n) is 18.2. The van der Waals surface area contributed by atoms with Crippen LogP contribution >= 0.6 is 31.1 Å². The zero-order chi connectivity index (χ0) is 26.0. The van der Waals surface area contributed by atoms with Gasteiger partial charge in [0.1, 0.15) is 24.9 Å². The summed E-state index contributed by atoms with van der Waals surface area (Å²) in [6.45, 7) is -0.605. The Morgan fingerprint density at radius 3 is 2.40 bits per heavy atom. The maximum absolute atomic E-state index is 12.8. The van der Waals surface area contributed by atoms with Crippen LogP contribution in [0.4, 0.5) is 0 Å². The molecule has 1 aliphatic rings. The average molecular weight is 600 g/mol. The van der Waals surface area contributed by atoms with E-state index in [0.717, 1.165) is 19.2 Å². The minimum atomic E-state index is -4.84. The third-order valence-corrected chi connectivity index (χ3v) is 8.94. The first kappa shape index (κ1) is 27.9. The molecule has 1 fully saturated rings. The van der Waals surface area contributed by atoms with Crippen LogP contribution in [0.5, 0.6) is 0 Å². The van der Waals surface area contributed by atoms with Gasteiger partial charge in [-0.1, -0.05) is 33.2 Å². The van der Waals surface area contributed by atoms with Gasteiger partial charge in [0.05, 0.1) is 6.61 Å². The van der Waals surface area contributed by atoms with Crippen LogP contribution in [0, 0.1) is 0 Å². The number of rotatable bonds is 9. The predicted octanol–water partition coefficient (Wildman–Crippen LogP) is -0.0618. The van der Waals surface area contributed by atoms with Crippen molar-refractivity contribution in [3.8, 4) is 0 Å². The molecule has 0 saturated carbocycles. The van der Waals surface area contributed by atoms with E-state index in [0.29, 0.717) is 0 Å². The van der Waals surface area contributed by atoms with Gasteiger partial charge in [-0.3, -0.25) is 18.3 Å². The smallest absolute Gasteiger partial charge is 0.340 e. The molecule has 2 aromatic rings. The number of nitrogens with zero attached hydrogens (tertiary/aromatic N) is 3. The lowest BCUT2D eigenvalue weighted by Gasteiger charge is -2.19. The van der Waals surface area contributed by atoms with Crippen molar-refractivity contribution >= 4 is 31.1 Å². The van der Waals surface area contributed by atoms with E-state index in [1.54, 1.807) is 0 Å². The van der Waals surface area contributed by atoms with E-state index in [-0.39, 0.29) is 12.1 Å². The number of aromatic nitrogens is 2. The quantitative estimate of drug-likeness (QED) is 0.191. The molecule has 0 spiro atoms. The molecule has 2 heterocycles. The summed E-state index contributed by atoms with van der Waals surface area (Å²) in [5, 5.41) is 24.5. The summed E-state index contributed by atoms with van der Waals surface area (Å²) in [6.07, 6.45) is -4.71. The van der Waals surface area contributed by atoms with E-state index in [4.69, 9.17) is 19.4 Å². The van der Waals surface area contributed by atoms with Crippen LogP contribution in [0.1, 0.15) is 11.8 Å². The van der Waals surface area contributed by atoms with Crippen LogP contribution < -0.4 is 11.2 Å². The second-order valence-corrected chi connectivity index (χ2v) is 12.6. The van der Waals surface area contributed by atoms with Gasteiger partial charge in [0.15, 0.2) is 17.6 Å². The van der Waals surface area contributed by atoms with Gasteiger partial charge in [-0.15, -0.1) is 0 Å². The first-order valence-corrected chi connectivity index (χ1v) is 14.3. The first-order valence-electron chi connectivity index (χ1n) is 9.98. The fourth-order valence-electron chi connectivity index (χ4n) is 3.19. The van der Waals surface area contributed by atoms with Gasteiger partial charge in [0, 0.05) is 23.8 Å². The van der Waals surface area contributed by atoms with Crippen molar-refractivity contribution < 1.29 is 48.1 Å². The highest BCUT2D eigenvalue weighted by molar-refractivity contribution is 9.10. The normalized spacial score (nSPS) is 24.9. The van der Waals surface area contributed by atoms with Crippen molar-refractivity contribution in [1.82, 2.24) is 9.13 Å². The zero-order valence-corrected chi connectivity index (χ0v) is 21.6. The monoisotopic (exact) mass is 599 g/mol. The first-order chi connectivity index (χ1) is 16.3. The third-order valence-electron chi connectivity index (χ3n) is 4.95. The lowest BCUT2D eigenvalue weighted by Crippen LogP contribution is -2.42. The number of benzene rings is 1. The molecule has 1 aliphatic heterocycles. The Labute approximate surface area is 206 Å². The van der Waals surface area contributed by atoms with Crippen molar-refractivity contribution in [3.63, 3.8) is 0 Å². The summed E-state index contributed by atoms with van der Waals surface area (Å²) in [5.74, 6) is -1.42. The van der Waals surface area contributed by atoms with Crippen LogP contribution in [-0.2, 0) is 36.9 Å². The fourth-order valence-corrected chi connectivity index (χ4v) is 6.03. The lowest BCUT2D eigenvalue weighted by molar-refractivity contribution is -0.0530. The van der Waals surface area contributed by atoms with Gasteiger partial charge < -0.3 is 39.0 Å². The van der Waals surface area contributed by atoms with Crippen molar-refractivity contribution in [2.75, 3.05) is 12.5 Å². The Balaban J connectivity index is 1.70. The summed E-state index contributed by atoms with van der Waals surface area (Å²) < 4.78 is 35.9. The van der Waals surface area contributed by atoms with Crippen molar-refractivity contribution in [3.05, 3.63) is 62.5 Å². The van der Waals surface area contributed by atoms with E-state index in [2.05, 4.69) is 25.6 Å². The Hall–Kier alpha value is -1.64. The molecule has 14 nitrogen and oxygen atoms in total. The molecule has 5 N–H and O–H groups in total. The molecule has 1 unspecified atom stereocenters. The molecule has 5 atom stereocenters. The highest BCUT2D eigenvalue weighted by Gasteiger charge is 2.45. The number of ether oxygens (including phenoxy) is 1. The molecule has 0 aliphatic carbocycles. The molecule has 0 bridgehead atoms. The average Bonchev–Trinajstić information content (AvgIpc) is 3.03. The maximum Gasteiger partial charge on any atom is 0.340 e. The van der Waals surface area contributed by atoms with E-state index in [1.807, 2.05) is 24.3 Å². The topological polar surface area (TPSA) is 202 Å². The van der Waals surface area contributed by atoms with Gasteiger partial charge in [-0.2, -0.15) is 0 Å². The molecule has 0 radical (unpaired) electrons. The summed E-state index contributed by atoms with van der Waals surface area (Å²) in [7, 11) is -8.14. The predicted molar refractivity (Wildman–Crippen MR) is 123 cm³/mol. The Morgan fingerprint density at radius 1 is 1.11 bits per heavy atom. The van der Waals surface area contributed by atoms with Crippen LogP contribution in [0.3, 0.4) is 0 Å². The van der Waals surface area contributed by atoms with Crippen molar-refractivity contribution in [2.24, 2.45) is 12.2 Å². The molecule has 194 valence electrons. The second kappa shape index (κ2) is 11.2. The van der Waals surface area contributed by atoms with E-state index in [9.17, 15) is 29.0 Å². The highest BCUT2D eigenvalue weighted by atomic mass is 79.9. The molecule has 17 heteroatoms. The largest absolute Gasteiger partial charge is 0.389 e. The second-order valence-electron chi connectivity index (χ2n) is 7.70. The molecular formula is C18H24BrN3O11P2. The lowest BCUT2D eigenvalue weighted by atomic mass is 10.1. The Morgan fingerprint density at radius 2 is 1.77 bits per heavy atom. The van der Waals surface area contributed by atoms with Crippen LogP contribution in [0.2, 0.25) is 0 Å². The van der Waals surface area contributed by atoms with E-state index in [1.165, 1.54) is 19.3 Å². The molecule has 0 amide bonds. The Bertz CT molecular complexity index is 1260. The number of aliphatic hydroxyl groups is 2. The van der Waals surface area contributed by atoms with Crippen LogP contribution in [-0.4, -0.2) is 64.8 Å². The summed E-state index contributed by atoms with van der Waals surface area (Å²) in [6, 6.07) is 8.78. The number of halogens is 1. The minimum absolute atomic E-state index is 0.158. The van der Waals surface area contributed by atoms with Crippen molar-refractivity contribution in [1.29, 1.82) is 0 Å². The standard InChI is InChI=1S/C18H24BrN3O11P2/c1-21-14(20-31-8-11-2-4-12(19)5-3-11)6-7-22(18(21)25)17-16(24)15(23)13(33-17)9-32-35(29,30)10-34(26,27)28/h2-7,13,15-17,23-24H,8-10H2,1H3,(H,29,30)(H2,26,27,28)/b20-14-/t13-,15-,16-,17-/m1/s1. The molecule has 1 saturated heterocycles. The van der Waals surface area contributed by atoms with Gasteiger partial charge in [-0.05, 0) is 17.7 Å². The molecule has 1 aromatic carbocycles. The van der Waals surface area contributed by atoms with Gasteiger partial charge >= 0.3 is 20.9 Å². The Kier molecular flexibility index (Phi) is 8.92. The fraction of sp³-hybridized carbons (Fsp3) is 0.444. The minimum Gasteiger partial charge on any atom is -0.389 e. The summed E-state index contributed by atoms with van der Waals surface area (Å²) >= 11 is 3.33. The molecule has 35 heavy (non-hydrogen) atoms. The summed E-state index contributed by atoms with van der Waals surface area (Å²) in [5.41, 5.74) is 0.339. The van der Waals surface area contributed by atoms with Crippen molar-refractivity contribution in [2.45, 2.75) is 31.1 Å². The number of hydrogen-bond acceptors (Lipinski definition) is 9. The van der Waals surface area contributed by atoms with E-state index >= 15 is 0 Å². The van der Waals surface area contributed by atoms with E-state index < -0.39 is 57.9 Å². The van der Waals surface area contributed by atoms with Crippen LogP contribution in [0.25, 0.3) is 0 Å².